The lowest BCUT2D eigenvalue weighted by Gasteiger charge is -2.09. The minimum Gasteiger partial charge on any atom is -0.354 e. The SMILES string of the molecule is O=C1NC(C(=O)NCCc2ncc[nH]2)CS1. The van der Waals surface area contributed by atoms with Gasteiger partial charge in [-0.25, -0.2) is 4.98 Å². The Labute approximate surface area is 96.6 Å². The molecular weight excluding hydrogens is 228 g/mol. The average Bonchev–Trinajstić information content (AvgIpc) is 2.89. The molecule has 1 aliphatic heterocycles. The van der Waals surface area contributed by atoms with E-state index in [0.29, 0.717) is 18.7 Å². The topological polar surface area (TPSA) is 86.9 Å². The number of nitrogens with one attached hydrogen (secondary N) is 3. The third-order valence-corrected chi connectivity index (χ3v) is 3.09. The summed E-state index contributed by atoms with van der Waals surface area (Å²) in [5.41, 5.74) is 0. The molecule has 7 heteroatoms. The molecule has 3 N–H and O–H groups in total. The van der Waals surface area contributed by atoms with Crippen LogP contribution in [0.4, 0.5) is 4.79 Å². The van der Waals surface area contributed by atoms with E-state index in [9.17, 15) is 9.59 Å². The van der Waals surface area contributed by atoms with E-state index >= 15 is 0 Å². The minimum atomic E-state index is -0.394. The smallest absolute Gasteiger partial charge is 0.279 e. The molecule has 0 bridgehead atoms. The van der Waals surface area contributed by atoms with E-state index in [1.54, 1.807) is 12.4 Å². The normalized spacial score (nSPS) is 19.5. The minimum absolute atomic E-state index is 0.133. The van der Waals surface area contributed by atoms with Gasteiger partial charge >= 0.3 is 0 Å². The lowest BCUT2D eigenvalue weighted by Crippen LogP contribution is -2.43. The summed E-state index contributed by atoms with van der Waals surface area (Å²) in [5, 5.41) is 5.21. The third-order valence-electron chi connectivity index (χ3n) is 2.21. The number of nitrogens with zero attached hydrogens (tertiary/aromatic N) is 1. The van der Waals surface area contributed by atoms with Crippen molar-refractivity contribution in [3.8, 4) is 0 Å². The van der Waals surface area contributed by atoms with Gasteiger partial charge in [0.05, 0.1) is 0 Å². The van der Waals surface area contributed by atoms with Crippen LogP contribution in [-0.2, 0) is 11.2 Å². The Hall–Kier alpha value is -1.50. The van der Waals surface area contributed by atoms with Gasteiger partial charge in [0, 0.05) is 31.1 Å². The van der Waals surface area contributed by atoms with Crippen LogP contribution in [0.25, 0.3) is 0 Å². The molecule has 0 aromatic carbocycles. The zero-order valence-electron chi connectivity index (χ0n) is 8.53. The Kier molecular flexibility index (Phi) is 3.45. The van der Waals surface area contributed by atoms with Gasteiger partial charge in [-0.2, -0.15) is 0 Å². The van der Waals surface area contributed by atoms with E-state index in [4.69, 9.17) is 0 Å². The number of thioether (sulfide) groups is 1. The summed E-state index contributed by atoms with van der Waals surface area (Å²) < 4.78 is 0. The third kappa shape index (κ3) is 2.75. The molecule has 2 heterocycles. The van der Waals surface area contributed by atoms with E-state index in [2.05, 4.69) is 20.6 Å². The van der Waals surface area contributed by atoms with Crippen LogP contribution in [0.5, 0.6) is 0 Å². The zero-order chi connectivity index (χ0) is 11.4. The first-order valence-corrected chi connectivity index (χ1v) is 5.93. The Morgan fingerprint density at radius 1 is 1.69 bits per heavy atom. The highest BCUT2D eigenvalue weighted by atomic mass is 32.2. The maximum Gasteiger partial charge on any atom is 0.279 e. The van der Waals surface area contributed by atoms with E-state index < -0.39 is 6.04 Å². The average molecular weight is 240 g/mol. The highest BCUT2D eigenvalue weighted by molar-refractivity contribution is 8.14. The van der Waals surface area contributed by atoms with Crippen LogP contribution in [-0.4, -0.2) is 39.5 Å². The van der Waals surface area contributed by atoms with Crippen molar-refractivity contribution in [3.63, 3.8) is 0 Å². The van der Waals surface area contributed by atoms with Crippen molar-refractivity contribution in [1.29, 1.82) is 0 Å². The second-order valence-corrected chi connectivity index (χ2v) is 4.37. The summed E-state index contributed by atoms with van der Waals surface area (Å²) in [5.74, 6) is 1.21. The first kappa shape index (κ1) is 11.0. The molecule has 6 nitrogen and oxygen atoms in total. The number of aromatic amines is 1. The fourth-order valence-electron chi connectivity index (χ4n) is 1.39. The van der Waals surface area contributed by atoms with Gasteiger partial charge in [0.25, 0.3) is 5.24 Å². The number of hydrogen-bond acceptors (Lipinski definition) is 4. The number of carbonyl (C=O) groups excluding carboxylic acids is 2. The second-order valence-electron chi connectivity index (χ2n) is 3.37. The largest absolute Gasteiger partial charge is 0.354 e. The maximum absolute atomic E-state index is 11.5. The van der Waals surface area contributed by atoms with Crippen LogP contribution in [0.1, 0.15) is 5.82 Å². The van der Waals surface area contributed by atoms with Crippen LogP contribution in [0.3, 0.4) is 0 Å². The summed E-state index contributed by atoms with van der Waals surface area (Å²) in [7, 11) is 0. The maximum atomic E-state index is 11.5. The number of rotatable bonds is 4. The van der Waals surface area contributed by atoms with Gasteiger partial charge in [0.2, 0.25) is 5.91 Å². The fourth-order valence-corrected chi connectivity index (χ4v) is 2.17. The van der Waals surface area contributed by atoms with Crippen molar-refractivity contribution in [2.75, 3.05) is 12.3 Å². The molecule has 1 fully saturated rings. The van der Waals surface area contributed by atoms with Crippen LogP contribution in [0.2, 0.25) is 0 Å². The Bertz CT molecular complexity index is 379. The monoisotopic (exact) mass is 240 g/mol. The molecule has 2 amide bonds. The molecule has 1 atom stereocenters. The molecule has 1 unspecified atom stereocenters. The van der Waals surface area contributed by atoms with Gasteiger partial charge in [-0.3, -0.25) is 9.59 Å². The zero-order valence-corrected chi connectivity index (χ0v) is 9.34. The van der Waals surface area contributed by atoms with Gasteiger partial charge in [0.1, 0.15) is 11.9 Å². The van der Waals surface area contributed by atoms with Crippen molar-refractivity contribution in [1.82, 2.24) is 20.6 Å². The molecule has 0 spiro atoms. The Balaban J connectivity index is 1.70. The standard InChI is InChI=1S/C9H12N4O2S/c14-8(6-5-16-9(15)13-6)12-2-1-7-10-3-4-11-7/h3-4,6H,1-2,5H2,(H,10,11)(H,12,14)(H,13,15). The summed E-state index contributed by atoms with van der Waals surface area (Å²) >= 11 is 1.14. The molecule has 0 saturated carbocycles. The lowest BCUT2D eigenvalue weighted by atomic mass is 10.3. The van der Waals surface area contributed by atoms with Gasteiger partial charge in [0.15, 0.2) is 0 Å². The van der Waals surface area contributed by atoms with Crippen molar-refractivity contribution >= 4 is 22.9 Å². The van der Waals surface area contributed by atoms with E-state index in [-0.39, 0.29) is 11.1 Å². The van der Waals surface area contributed by atoms with Gasteiger partial charge in [-0.1, -0.05) is 11.8 Å². The van der Waals surface area contributed by atoms with Gasteiger partial charge in [-0.05, 0) is 0 Å². The number of hydrogen-bond donors (Lipinski definition) is 3. The fraction of sp³-hybridized carbons (Fsp3) is 0.444. The molecule has 1 aromatic rings. The van der Waals surface area contributed by atoms with E-state index in [1.807, 2.05) is 0 Å². The van der Waals surface area contributed by atoms with Crippen LogP contribution < -0.4 is 10.6 Å². The summed E-state index contributed by atoms with van der Waals surface area (Å²) in [6.07, 6.45) is 4.07. The van der Waals surface area contributed by atoms with Crippen molar-refractivity contribution in [3.05, 3.63) is 18.2 Å². The van der Waals surface area contributed by atoms with Crippen LogP contribution in [0, 0.1) is 0 Å². The van der Waals surface area contributed by atoms with Crippen molar-refractivity contribution < 1.29 is 9.59 Å². The van der Waals surface area contributed by atoms with E-state index in [0.717, 1.165) is 17.6 Å². The first-order valence-electron chi connectivity index (χ1n) is 4.95. The molecule has 0 aliphatic carbocycles. The Morgan fingerprint density at radius 3 is 3.19 bits per heavy atom. The summed E-state index contributed by atoms with van der Waals surface area (Å²) in [4.78, 5) is 29.4. The van der Waals surface area contributed by atoms with Crippen LogP contribution in [0.15, 0.2) is 12.4 Å². The quantitative estimate of drug-likeness (QED) is 0.685. The van der Waals surface area contributed by atoms with Crippen LogP contribution >= 0.6 is 11.8 Å². The molecule has 2 rings (SSSR count). The number of H-pyrrole nitrogens is 1. The van der Waals surface area contributed by atoms with Crippen molar-refractivity contribution in [2.24, 2.45) is 0 Å². The Morgan fingerprint density at radius 2 is 2.56 bits per heavy atom. The molecule has 0 radical (unpaired) electrons. The number of imidazole rings is 1. The summed E-state index contributed by atoms with van der Waals surface area (Å²) in [6, 6.07) is -0.394. The first-order chi connectivity index (χ1) is 7.75. The predicted molar refractivity (Wildman–Crippen MR) is 60.1 cm³/mol. The lowest BCUT2D eigenvalue weighted by molar-refractivity contribution is -0.122. The second kappa shape index (κ2) is 5.02. The molecule has 1 saturated heterocycles. The van der Waals surface area contributed by atoms with E-state index in [1.165, 1.54) is 0 Å². The highest BCUT2D eigenvalue weighted by Gasteiger charge is 2.27. The highest BCUT2D eigenvalue weighted by Crippen LogP contribution is 2.12. The number of amides is 2. The predicted octanol–water partition coefficient (Wildman–Crippen LogP) is -0.107. The van der Waals surface area contributed by atoms with Gasteiger partial charge in [-0.15, -0.1) is 0 Å². The molecule has 1 aromatic heterocycles. The van der Waals surface area contributed by atoms with Gasteiger partial charge < -0.3 is 15.6 Å². The molecule has 16 heavy (non-hydrogen) atoms. The van der Waals surface area contributed by atoms with Crippen molar-refractivity contribution in [2.45, 2.75) is 12.5 Å². The molecule has 1 aliphatic rings. The summed E-state index contributed by atoms with van der Waals surface area (Å²) in [6.45, 7) is 0.517. The molecular formula is C9H12N4O2S. The number of carbonyl (C=O) groups is 2. The molecule has 86 valence electrons. The number of aromatic nitrogens is 2.